The molecule has 0 spiro atoms. The molecular weight excluding hydrogens is 388 g/mol. The number of hydrogen-bond donors (Lipinski definition) is 0. The number of amides is 1. The maximum Gasteiger partial charge on any atom is 0.237 e. The van der Waals surface area contributed by atoms with Crippen LogP contribution in [0, 0.1) is 6.92 Å². The average Bonchev–Trinajstić information content (AvgIpc) is 3.11. The summed E-state index contributed by atoms with van der Waals surface area (Å²) in [5.74, 6) is 0.434. The third-order valence-electron chi connectivity index (χ3n) is 4.65. The Labute approximate surface area is 174 Å². The number of benzene rings is 2. The number of fused-ring (bicyclic) bond motifs is 1. The Bertz CT molecular complexity index is 922. The molecule has 28 heavy (non-hydrogen) atoms. The fourth-order valence-corrected chi connectivity index (χ4v) is 5.29. The van der Waals surface area contributed by atoms with Crippen LogP contribution in [-0.4, -0.2) is 36.4 Å². The van der Waals surface area contributed by atoms with Gasteiger partial charge in [-0.25, -0.2) is 4.98 Å². The van der Waals surface area contributed by atoms with Crippen molar-refractivity contribution in [1.82, 2.24) is 4.98 Å². The van der Waals surface area contributed by atoms with Crippen LogP contribution < -0.4 is 4.90 Å². The third-order valence-corrected chi connectivity index (χ3v) is 6.82. The molecule has 6 heteroatoms. The first kappa shape index (κ1) is 20.8. The number of anilines is 1. The summed E-state index contributed by atoms with van der Waals surface area (Å²) >= 11 is 3.14. The quantitative estimate of drug-likeness (QED) is 0.467. The van der Waals surface area contributed by atoms with Crippen LogP contribution >= 0.6 is 23.1 Å². The topological polar surface area (TPSA) is 42.4 Å². The van der Waals surface area contributed by atoms with Crippen LogP contribution in [0.4, 0.5) is 5.69 Å². The molecule has 1 heterocycles. The smallest absolute Gasteiger partial charge is 0.237 e. The minimum Gasteiger partial charge on any atom is -0.383 e. The molecule has 0 saturated heterocycles. The number of carbonyl (C=O) groups is 1. The van der Waals surface area contributed by atoms with E-state index in [9.17, 15) is 4.79 Å². The van der Waals surface area contributed by atoms with Crippen LogP contribution in [0.25, 0.3) is 10.2 Å². The van der Waals surface area contributed by atoms with Gasteiger partial charge < -0.3 is 9.64 Å². The molecule has 2 aromatic carbocycles. The zero-order valence-electron chi connectivity index (χ0n) is 16.8. The lowest BCUT2D eigenvalue weighted by Gasteiger charge is -2.32. The van der Waals surface area contributed by atoms with E-state index in [2.05, 4.69) is 43.1 Å². The van der Waals surface area contributed by atoms with Crippen LogP contribution in [-0.2, 0) is 16.0 Å². The predicted molar refractivity (Wildman–Crippen MR) is 120 cm³/mol. The van der Waals surface area contributed by atoms with E-state index in [0.29, 0.717) is 12.4 Å². The van der Waals surface area contributed by atoms with Crippen molar-refractivity contribution < 1.29 is 9.53 Å². The normalized spacial score (nSPS) is 12.3. The molecule has 1 atom stereocenters. The van der Waals surface area contributed by atoms with Crippen molar-refractivity contribution in [3.63, 3.8) is 0 Å². The molecule has 1 amide bonds. The van der Waals surface area contributed by atoms with Gasteiger partial charge in [0.25, 0.3) is 0 Å². The van der Waals surface area contributed by atoms with Gasteiger partial charge in [0.15, 0.2) is 4.34 Å². The van der Waals surface area contributed by atoms with E-state index in [0.717, 1.165) is 32.2 Å². The van der Waals surface area contributed by atoms with E-state index in [1.165, 1.54) is 17.3 Å². The highest BCUT2D eigenvalue weighted by molar-refractivity contribution is 8.01. The lowest BCUT2D eigenvalue weighted by molar-refractivity contribution is -0.116. The van der Waals surface area contributed by atoms with Crippen LogP contribution in [0.1, 0.15) is 25.0 Å². The maximum absolute atomic E-state index is 13.3. The zero-order chi connectivity index (χ0) is 20.1. The summed E-state index contributed by atoms with van der Waals surface area (Å²) in [6, 6.07) is 14.2. The van der Waals surface area contributed by atoms with Gasteiger partial charge in [-0.15, -0.1) is 11.3 Å². The van der Waals surface area contributed by atoms with E-state index >= 15 is 0 Å². The molecule has 0 bridgehead atoms. The summed E-state index contributed by atoms with van der Waals surface area (Å²) < 4.78 is 7.43. The predicted octanol–water partition coefficient (Wildman–Crippen LogP) is 5.33. The Kier molecular flexibility index (Phi) is 7.10. The highest BCUT2D eigenvalue weighted by atomic mass is 32.2. The minimum absolute atomic E-state index is 0.0418. The van der Waals surface area contributed by atoms with Crippen LogP contribution in [0.3, 0.4) is 0 Å². The van der Waals surface area contributed by atoms with Crippen molar-refractivity contribution in [2.45, 2.75) is 37.6 Å². The SMILES string of the molecule is CCc1cccc(C)c1N(C(=O)CSc1nc2ccccc2s1)[C@@H](C)COC. The van der Waals surface area contributed by atoms with Crippen molar-refractivity contribution in [2.75, 3.05) is 24.4 Å². The van der Waals surface area contributed by atoms with Crippen molar-refractivity contribution in [3.05, 3.63) is 53.6 Å². The maximum atomic E-state index is 13.3. The number of thioether (sulfide) groups is 1. The first-order valence-corrected chi connectivity index (χ1v) is 11.2. The fraction of sp³-hybridized carbons (Fsp3) is 0.364. The second kappa shape index (κ2) is 9.54. The molecule has 0 unspecified atom stereocenters. The standard InChI is InChI=1S/C22H26N2O2S2/c1-5-17-10-8-9-15(2)21(17)24(16(3)13-26-4)20(25)14-27-22-23-18-11-6-7-12-19(18)28-22/h6-12,16H,5,13-14H2,1-4H3/t16-/m0/s1. The Morgan fingerprint density at radius 2 is 2.04 bits per heavy atom. The lowest BCUT2D eigenvalue weighted by atomic mass is 10.0. The van der Waals surface area contributed by atoms with E-state index in [1.54, 1.807) is 18.4 Å². The Hall–Kier alpha value is -1.89. The molecule has 4 nitrogen and oxygen atoms in total. The largest absolute Gasteiger partial charge is 0.383 e. The van der Waals surface area contributed by atoms with Gasteiger partial charge in [0, 0.05) is 7.11 Å². The Morgan fingerprint density at radius 3 is 2.75 bits per heavy atom. The van der Waals surface area contributed by atoms with Crippen LogP contribution in [0.2, 0.25) is 0 Å². The van der Waals surface area contributed by atoms with E-state index in [4.69, 9.17) is 4.74 Å². The van der Waals surface area contributed by atoms with E-state index < -0.39 is 0 Å². The number of aryl methyl sites for hydroxylation is 2. The van der Waals surface area contributed by atoms with E-state index in [1.807, 2.05) is 30.0 Å². The second-order valence-electron chi connectivity index (χ2n) is 6.74. The molecule has 0 aliphatic carbocycles. The van der Waals surface area contributed by atoms with Crippen molar-refractivity contribution >= 4 is 44.9 Å². The lowest BCUT2D eigenvalue weighted by Crippen LogP contribution is -2.43. The molecule has 3 rings (SSSR count). The molecule has 0 aliphatic rings. The molecule has 0 radical (unpaired) electrons. The molecule has 0 N–H and O–H groups in total. The number of aromatic nitrogens is 1. The van der Waals surface area contributed by atoms with Gasteiger partial charge in [0.1, 0.15) is 0 Å². The van der Waals surface area contributed by atoms with Gasteiger partial charge in [-0.2, -0.15) is 0 Å². The van der Waals surface area contributed by atoms with Gasteiger partial charge in [-0.1, -0.05) is 49.0 Å². The highest BCUT2D eigenvalue weighted by Crippen LogP contribution is 2.32. The number of methoxy groups -OCH3 is 1. The average molecular weight is 415 g/mol. The molecule has 3 aromatic rings. The van der Waals surface area contributed by atoms with Gasteiger partial charge in [0.2, 0.25) is 5.91 Å². The first-order chi connectivity index (χ1) is 13.5. The molecule has 148 valence electrons. The summed E-state index contributed by atoms with van der Waals surface area (Å²) in [6.07, 6.45) is 0.880. The highest BCUT2D eigenvalue weighted by Gasteiger charge is 2.25. The summed E-state index contributed by atoms with van der Waals surface area (Å²) in [7, 11) is 1.67. The monoisotopic (exact) mass is 414 g/mol. The molecule has 0 saturated carbocycles. The molecule has 1 aromatic heterocycles. The molecule has 0 aliphatic heterocycles. The number of carbonyl (C=O) groups excluding carboxylic acids is 1. The number of rotatable bonds is 8. The number of para-hydroxylation sites is 2. The minimum atomic E-state index is -0.0418. The molecular formula is C22H26N2O2S2. The summed E-state index contributed by atoms with van der Waals surface area (Å²) in [4.78, 5) is 19.8. The number of hydrogen-bond acceptors (Lipinski definition) is 5. The summed E-state index contributed by atoms with van der Waals surface area (Å²) in [6.45, 7) is 6.72. The second-order valence-corrected chi connectivity index (χ2v) is 8.99. The Balaban J connectivity index is 1.84. The number of thiazole rings is 1. The van der Waals surface area contributed by atoms with Crippen molar-refractivity contribution in [1.29, 1.82) is 0 Å². The number of ether oxygens (including phenoxy) is 1. The van der Waals surface area contributed by atoms with Crippen LogP contribution in [0.5, 0.6) is 0 Å². The zero-order valence-corrected chi connectivity index (χ0v) is 18.4. The Morgan fingerprint density at radius 1 is 1.25 bits per heavy atom. The van der Waals surface area contributed by atoms with E-state index in [-0.39, 0.29) is 11.9 Å². The van der Waals surface area contributed by atoms with Gasteiger partial charge >= 0.3 is 0 Å². The third kappa shape index (κ3) is 4.57. The van der Waals surface area contributed by atoms with Crippen molar-refractivity contribution in [2.24, 2.45) is 0 Å². The summed E-state index contributed by atoms with van der Waals surface area (Å²) in [5, 5.41) is 0. The van der Waals surface area contributed by atoms with Gasteiger partial charge in [-0.05, 0) is 43.5 Å². The first-order valence-electron chi connectivity index (χ1n) is 9.43. The molecule has 0 fully saturated rings. The van der Waals surface area contributed by atoms with Gasteiger partial charge in [0.05, 0.1) is 34.3 Å². The summed E-state index contributed by atoms with van der Waals surface area (Å²) in [5.41, 5.74) is 4.30. The van der Waals surface area contributed by atoms with Crippen molar-refractivity contribution in [3.8, 4) is 0 Å². The number of nitrogens with zero attached hydrogens (tertiary/aromatic N) is 2. The fourth-order valence-electron chi connectivity index (χ4n) is 3.36. The van der Waals surface area contributed by atoms with Crippen LogP contribution in [0.15, 0.2) is 46.8 Å². The van der Waals surface area contributed by atoms with Gasteiger partial charge in [-0.3, -0.25) is 4.79 Å².